The molecule has 0 saturated carbocycles. The van der Waals surface area contributed by atoms with Crippen LogP contribution in [0.15, 0.2) is 212 Å². The largest absolute Gasteiger partial charge is 0.477 e. The van der Waals surface area contributed by atoms with Crippen molar-refractivity contribution < 1.29 is 97.6 Å². The van der Waals surface area contributed by atoms with Crippen molar-refractivity contribution in [2.24, 2.45) is 11.5 Å². The summed E-state index contributed by atoms with van der Waals surface area (Å²) in [6.45, 7) is 8.10. The van der Waals surface area contributed by atoms with Gasteiger partial charge >= 0.3 is 80.3 Å². The van der Waals surface area contributed by atoms with E-state index in [1.165, 1.54) is 75.7 Å². The van der Waals surface area contributed by atoms with Crippen LogP contribution in [-0.2, 0) is 62.8 Å². The van der Waals surface area contributed by atoms with Crippen molar-refractivity contribution in [2.75, 3.05) is 26.4 Å². The number of nitriles is 3. The van der Waals surface area contributed by atoms with Crippen LogP contribution in [0.1, 0.15) is 189 Å². The summed E-state index contributed by atoms with van der Waals surface area (Å²) in [5, 5.41) is 38.2. The Hall–Kier alpha value is -11.5. The number of hydrogen-bond donors (Lipinski definition) is 3. The summed E-state index contributed by atoms with van der Waals surface area (Å²) in [7, 11) is 0. The molecule has 5 aromatic heterocycles. The minimum atomic E-state index is -1.05. The molecule has 32 heteroatoms. The number of halogens is 9. The van der Waals surface area contributed by atoms with E-state index in [1.54, 1.807) is 192 Å². The third kappa shape index (κ3) is 28.8. The Morgan fingerprint density at radius 1 is 0.386 bits per heavy atom. The van der Waals surface area contributed by atoms with Crippen molar-refractivity contribution in [2.45, 2.75) is 86.4 Å². The average molecular weight is 2280 g/mol. The third-order valence-electron chi connectivity index (χ3n) is 19.1. The second kappa shape index (κ2) is 53.9. The van der Waals surface area contributed by atoms with E-state index in [9.17, 15) is 65.4 Å². The molecule has 0 spiro atoms. The standard InChI is InChI=1S/C20H18FNO3S.C20H16FNO2S.C20H14FNO2S.C18H14FNO3S.C12H10BrFO2S.C8H5NO.2CH4.I3/c1-2-25-20(24)18-14(17-15(21)4-3-5-16(17)26-18)11-8-12-6-9-13(10-7-12)19(22)23;2*1-2-24-20(23)19-15(18-16(21)4-3-5-17(18)25-19)11-10-13-6-8-14(12-22)9-7-13;19-13-2-1-3-14-15(13)12(16(24-14)18(22)23)9-6-10-4-7-11(8-5-10)17(20)21;1-2-16-12(15)11-7(6-13)10-8(14)4-3-5-9(10)17-11;9-5-7-1-3-8(6-10)4-2-7;;;1-3-2/h3-7,9-10H,2,8,11H2,1H3,(H2,22,23);3-9H,2,10-11H2,1H3;3-11H,2H2,1H3;1-5,7-8H,6,9H2,(H2,20,21)(H,22,23);3-5H,2,6H2,1H3;1-4,6H;2*1H4;/q;;;;;;;;-1/b;;11-10+;;;;;;. The van der Waals surface area contributed by atoms with Gasteiger partial charge in [0.2, 0.25) is 11.8 Å². The quantitative estimate of drug-likeness (QED) is 0.0126. The van der Waals surface area contributed by atoms with Crippen molar-refractivity contribution in [3.05, 3.63) is 349 Å². The number of nitrogens with two attached hydrogens (primary N) is 2. The Morgan fingerprint density at radius 2 is 0.652 bits per heavy atom. The van der Waals surface area contributed by atoms with Crippen LogP contribution in [0.25, 0.3) is 62.6 Å². The van der Waals surface area contributed by atoms with Crippen LogP contribution in [0.4, 0.5) is 22.0 Å². The van der Waals surface area contributed by atoms with Gasteiger partial charge in [0.15, 0.2) is 0 Å². The predicted molar refractivity (Wildman–Crippen MR) is 534 cm³/mol. The number of ether oxygens (including phenoxy) is 4. The monoisotopic (exact) mass is 2280 g/mol. The molecule has 0 bridgehead atoms. The number of benzene rings is 10. The number of carbonyl (C=O) groups is 8. The predicted octanol–water partition coefficient (Wildman–Crippen LogP) is 23.4. The fourth-order valence-electron chi connectivity index (χ4n) is 13.1. The minimum absolute atomic E-state index is 0. The Balaban J connectivity index is 0.000000218. The molecular weight excluding hydrogens is 2200 g/mol. The molecule has 5 N–H and O–H groups in total. The first-order chi connectivity index (χ1) is 62.7. The average Bonchev–Trinajstić information content (AvgIpc) is 1.65. The molecule has 0 atom stereocenters. The zero-order valence-corrected chi connectivity index (χ0v) is 81.6. The number of fused-ring (bicyclic) bond motifs is 5. The third-order valence-corrected chi connectivity index (χ3v) is 25.6. The molecule has 18 nitrogen and oxygen atoms in total. The van der Waals surface area contributed by atoms with Gasteiger partial charge in [0.1, 0.15) is 59.8 Å². The number of rotatable bonds is 24. The Morgan fingerprint density at radius 3 is 0.955 bits per heavy atom. The number of carbonyl (C=O) groups excluding carboxylic acids is 7. The van der Waals surface area contributed by atoms with E-state index in [0.717, 1.165) is 54.0 Å². The SMILES string of the molecule is C.C.CCOC(=O)c1sc2cccc(F)c2c1/C=C/c1ccc(C#N)cc1.CCOC(=O)c1sc2cccc(F)c2c1CBr.CCOC(=O)c1sc2cccc(F)c2c1CCc1ccc(C#N)cc1.CCOC(=O)c1sc2cccc(F)c2c1CCc1ccc(C(N)=O)cc1.I[I-]I.N#Cc1ccc(C=O)cc1.NC(=O)c1ccc(CCc2c(C(=O)O)sc3cccc(F)c23)cc1. The number of alkyl halides is 1. The first kappa shape index (κ1) is 108. The van der Waals surface area contributed by atoms with Crippen LogP contribution in [0.5, 0.6) is 0 Å². The number of esters is 4. The van der Waals surface area contributed by atoms with Crippen LogP contribution >= 0.6 is 110 Å². The normalized spacial score (nSPS) is 10.4. The van der Waals surface area contributed by atoms with Crippen molar-refractivity contribution in [3.8, 4) is 18.2 Å². The number of aryl methyl sites for hydroxylation is 6. The summed E-state index contributed by atoms with van der Waals surface area (Å²) in [6.07, 6.45) is 7.47. The number of thiophene rings is 5. The van der Waals surface area contributed by atoms with Crippen molar-refractivity contribution in [3.63, 3.8) is 0 Å². The zero-order valence-electron chi connectivity index (χ0n) is 69.5. The maximum absolute atomic E-state index is 14.4. The number of carboxylic acids is 1. The van der Waals surface area contributed by atoms with E-state index in [1.807, 2.05) is 36.4 Å². The van der Waals surface area contributed by atoms with Gasteiger partial charge in [0, 0.05) is 78.0 Å². The number of amides is 2. The first-order valence-corrected chi connectivity index (χ1v) is 57.3. The molecule has 0 radical (unpaired) electrons. The number of carboxylic acid groups (broad SMARTS) is 1. The second-order valence-corrected chi connectivity index (χ2v) is 49.3. The van der Waals surface area contributed by atoms with E-state index in [0.29, 0.717) is 181 Å². The van der Waals surface area contributed by atoms with Crippen molar-refractivity contribution in [1.29, 1.82) is 15.8 Å². The van der Waals surface area contributed by atoms with Crippen LogP contribution < -0.4 is 24.7 Å². The summed E-state index contributed by atoms with van der Waals surface area (Å²) in [5.41, 5.74) is 20.5. The Kier molecular flexibility index (Phi) is 43.9. The topological polar surface area (TPSA) is 317 Å². The van der Waals surface area contributed by atoms with E-state index < -0.39 is 41.5 Å². The summed E-state index contributed by atoms with van der Waals surface area (Å²) >= 11 is 14.7. The molecule has 10 aromatic carbocycles. The van der Waals surface area contributed by atoms with Gasteiger partial charge in [-0.3, -0.25) is 14.4 Å². The van der Waals surface area contributed by atoms with Gasteiger partial charge in [-0.05, 0) is 232 Å². The van der Waals surface area contributed by atoms with Gasteiger partial charge in [-0.25, -0.2) is 45.9 Å². The number of aromatic carboxylic acids is 1. The molecule has 2 amide bonds. The van der Waals surface area contributed by atoms with Crippen molar-refractivity contribution in [1.82, 2.24) is 0 Å². The molecular formula is C100H85BrF5I3N5O13S5-. The molecule has 0 aliphatic rings. The molecule has 132 heavy (non-hydrogen) atoms. The number of aldehydes is 1. The van der Waals surface area contributed by atoms with E-state index in [2.05, 4.69) is 65.3 Å². The molecule has 5 heterocycles. The molecule has 682 valence electrons. The maximum atomic E-state index is 14.4. The van der Waals surface area contributed by atoms with Crippen molar-refractivity contribution >= 4 is 220 Å². The van der Waals surface area contributed by atoms with Crippen LogP contribution in [0.3, 0.4) is 0 Å². The maximum Gasteiger partial charge on any atom is 0.346 e. The van der Waals surface area contributed by atoms with Crippen LogP contribution in [-0.4, -0.2) is 79.5 Å². The molecule has 0 fully saturated rings. The van der Waals surface area contributed by atoms with Gasteiger partial charge in [0.25, 0.3) is 0 Å². The van der Waals surface area contributed by atoms with Gasteiger partial charge < -0.3 is 35.5 Å². The molecule has 15 rings (SSSR count). The fraction of sp³-hybridized carbons (Fsp3) is 0.170. The van der Waals surface area contributed by atoms with Gasteiger partial charge in [0.05, 0.1) is 61.3 Å². The number of primary amides is 2. The second-order valence-electron chi connectivity index (χ2n) is 27.3. The van der Waals surface area contributed by atoms with E-state index >= 15 is 0 Å². The smallest absolute Gasteiger partial charge is 0.346 e. The van der Waals surface area contributed by atoms with Crippen LogP contribution in [0, 0.1) is 63.1 Å². The number of hydrogen-bond acceptors (Lipinski definition) is 20. The fourth-order valence-corrected chi connectivity index (χ4v) is 19.5. The first-order valence-electron chi connectivity index (χ1n) is 39.5. The van der Waals surface area contributed by atoms with Gasteiger partial charge in [-0.1, -0.05) is 134 Å². The Labute approximate surface area is 817 Å². The molecule has 0 saturated heterocycles. The Bertz CT molecular complexity index is 6750. The molecule has 0 aliphatic carbocycles. The summed E-state index contributed by atoms with van der Waals surface area (Å²) in [6, 6.07) is 64.6. The van der Waals surface area contributed by atoms with E-state index in [-0.39, 0.29) is 68.8 Å². The molecule has 0 unspecified atom stereocenters. The minimum Gasteiger partial charge on any atom is -0.477 e. The molecule has 15 aromatic rings. The summed E-state index contributed by atoms with van der Waals surface area (Å²) in [4.78, 5) is 94.3. The summed E-state index contributed by atoms with van der Waals surface area (Å²) in [5.74, 6) is -5.44. The van der Waals surface area contributed by atoms with Crippen LogP contribution in [0.2, 0.25) is 0 Å². The number of nitrogens with zero attached hydrogens (tertiary/aromatic N) is 3. The van der Waals surface area contributed by atoms with E-state index in [4.69, 9.17) is 46.2 Å². The zero-order chi connectivity index (χ0) is 94.1. The summed E-state index contributed by atoms with van der Waals surface area (Å²) < 4.78 is 94.8. The van der Waals surface area contributed by atoms with Gasteiger partial charge in [-0.2, -0.15) is 15.8 Å². The molecule has 0 aliphatic heterocycles. The van der Waals surface area contributed by atoms with Gasteiger partial charge in [-0.15, -0.1) is 56.7 Å².